The van der Waals surface area contributed by atoms with Crippen molar-refractivity contribution in [2.75, 3.05) is 18.9 Å². The first kappa shape index (κ1) is 15.7. The van der Waals surface area contributed by atoms with E-state index in [1.54, 1.807) is 18.7 Å². The van der Waals surface area contributed by atoms with Gasteiger partial charge in [-0.3, -0.25) is 9.48 Å². The fourth-order valence-electron chi connectivity index (χ4n) is 2.24. The minimum Gasteiger partial charge on any atom is -0.397 e. The van der Waals surface area contributed by atoms with Crippen LogP contribution in [0.4, 0.5) is 5.69 Å². The summed E-state index contributed by atoms with van der Waals surface area (Å²) in [5.41, 5.74) is 6.19. The molecule has 8 heteroatoms. The van der Waals surface area contributed by atoms with E-state index in [0.717, 1.165) is 15.9 Å². The Morgan fingerprint density at radius 1 is 1.48 bits per heavy atom. The maximum atomic E-state index is 12.4. The Kier molecular flexibility index (Phi) is 4.22. The minimum atomic E-state index is -1.03. The molecule has 0 aliphatic heterocycles. The van der Waals surface area contributed by atoms with Gasteiger partial charge in [-0.25, -0.2) is 0 Å². The van der Waals surface area contributed by atoms with Crippen molar-refractivity contribution in [3.8, 4) is 0 Å². The predicted molar refractivity (Wildman–Crippen MR) is 82.4 cm³/mol. The Morgan fingerprint density at radius 2 is 2.10 bits per heavy atom. The molecule has 7 nitrogen and oxygen atoms in total. The van der Waals surface area contributed by atoms with E-state index in [-0.39, 0.29) is 13.2 Å². The third-order valence-corrected chi connectivity index (χ3v) is 5.02. The molecule has 2 rings (SSSR count). The highest BCUT2D eigenvalue weighted by Crippen LogP contribution is 2.35. The maximum absolute atomic E-state index is 12.4. The van der Waals surface area contributed by atoms with Crippen molar-refractivity contribution in [2.24, 2.45) is 7.05 Å². The molecule has 0 atom stereocenters. The van der Waals surface area contributed by atoms with Gasteiger partial charge in [0.2, 0.25) is 0 Å². The van der Waals surface area contributed by atoms with E-state index in [1.807, 2.05) is 6.92 Å². The van der Waals surface area contributed by atoms with Gasteiger partial charge in [-0.15, -0.1) is 11.3 Å². The van der Waals surface area contributed by atoms with E-state index in [2.05, 4.69) is 10.4 Å². The standard InChI is InChI=1S/C13H20N4O3S/c1-4-13(5-18,6-19)15-11(20)10-9(14)8-7(2)16-17(3)12(8)21-10/h18-19H,4-6,14H2,1-3H3,(H,15,20). The van der Waals surface area contributed by atoms with Crippen molar-refractivity contribution < 1.29 is 15.0 Å². The number of aromatic nitrogens is 2. The highest BCUT2D eigenvalue weighted by Gasteiger charge is 2.31. The average molecular weight is 312 g/mol. The molecule has 21 heavy (non-hydrogen) atoms. The molecule has 0 aromatic carbocycles. The molecule has 0 aliphatic carbocycles. The van der Waals surface area contributed by atoms with Crippen molar-refractivity contribution in [3.63, 3.8) is 0 Å². The number of carbonyl (C=O) groups is 1. The lowest BCUT2D eigenvalue weighted by Gasteiger charge is -2.29. The molecular weight excluding hydrogens is 292 g/mol. The largest absolute Gasteiger partial charge is 0.397 e. The molecule has 0 saturated heterocycles. The maximum Gasteiger partial charge on any atom is 0.264 e. The number of nitrogens with two attached hydrogens (primary N) is 1. The number of nitrogens with zero attached hydrogens (tertiary/aromatic N) is 2. The van der Waals surface area contributed by atoms with Crippen LogP contribution in [-0.4, -0.2) is 44.7 Å². The molecular formula is C13H20N4O3S. The summed E-state index contributed by atoms with van der Waals surface area (Å²) in [6, 6.07) is 0. The molecule has 116 valence electrons. The summed E-state index contributed by atoms with van der Waals surface area (Å²) in [7, 11) is 1.80. The summed E-state index contributed by atoms with van der Waals surface area (Å²) in [6.07, 6.45) is 0.414. The lowest BCUT2D eigenvalue weighted by atomic mass is 9.98. The molecule has 0 spiro atoms. The van der Waals surface area contributed by atoms with Crippen LogP contribution in [0, 0.1) is 6.92 Å². The van der Waals surface area contributed by atoms with Crippen molar-refractivity contribution in [2.45, 2.75) is 25.8 Å². The van der Waals surface area contributed by atoms with Gasteiger partial charge in [0.15, 0.2) is 0 Å². The number of carbonyl (C=O) groups excluding carboxylic acids is 1. The SMILES string of the molecule is CCC(CO)(CO)NC(=O)c1sc2c(c(C)nn2C)c1N. The fraction of sp³-hybridized carbons (Fsp3) is 0.538. The van der Waals surface area contributed by atoms with Crippen LogP contribution in [0.1, 0.15) is 28.7 Å². The number of nitrogen functional groups attached to an aromatic ring is 1. The predicted octanol–water partition coefficient (Wildman–Crippen LogP) is 0.389. The van der Waals surface area contributed by atoms with E-state index < -0.39 is 11.4 Å². The quantitative estimate of drug-likeness (QED) is 0.638. The van der Waals surface area contributed by atoms with Gasteiger partial charge in [0.1, 0.15) is 9.71 Å². The van der Waals surface area contributed by atoms with Crippen LogP contribution in [0.2, 0.25) is 0 Å². The zero-order valence-electron chi connectivity index (χ0n) is 12.3. The number of anilines is 1. The second-order valence-corrected chi connectivity index (χ2v) is 6.14. The van der Waals surface area contributed by atoms with Crippen molar-refractivity contribution in [1.29, 1.82) is 0 Å². The number of nitrogens with one attached hydrogen (secondary N) is 1. The Labute approximate surface area is 126 Å². The first-order valence-corrected chi connectivity index (χ1v) is 7.46. The first-order chi connectivity index (χ1) is 9.89. The summed E-state index contributed by atoms with van der Waals surface area (Å²) in [5, 5.41) is 26.6. The summed E-state index contributed by atoms with van der Waals surface area (Å²) in [4.78, 5) is 13.6. The smallest absolute Gasteiger partial charge is 0.264 e. The van der Waals surface area contributed by atoms with Gasteiger partial charge in [-0.1, -0.05) is 6.92 Å². The van der Waals surface area contributed by atoms with Gasteiger partial charge in [-0.2, -0.15) is 5.10 Å². The van der Waals surface area contributed by atoms with Gasteiger partial charge < -0.3 is 21.3 Å². The Bertz CT molecular complexity index is 664. The van der Waals surface area contributed by atoms with Crippen LogP contribution < -0.4 is 11.1 Å². The number of rotatable bonds is 5. The van der Waals surface area contributed by atoms with Crippen LogP contribution in [0.5, 0.6) is 0 Å². The van der Waals surface area contributed by atoms with Gasteiger partial charge in [0, 0.05) is 7.05 Å². The van der Waals surface area contributed by atoms with Crippen LogP contribution in [0.3, 0.4) is 0 Å². The van der Waals surface area contributed by atoms with Crippen LogP contribution >= 0.6 is 11.3 Å². The van der Waals surface area contributed by atoms with Crippen LogP contribution in [0.15, 0.2) is 0 Å². The third kappa shape index (κ3) is 2.50. The number of amides is 1. The molecule has 0 unspecified atom stereocenters. The first-order valence-electron chi connectivity index (χ1n) is 6.65. The molecule has 0 aliphatic rings. The second-order valence-electron chi connectivity index (χ2n) is 5.14. The number of aliphatic hydroxyl groups excluding tert-OH is 2. The number of hydrogen-bond acceptors (Lipinski definition) is 6. The highest BCUT2D eigenvalue weighted by atomic mass is 32.1. The molecule has 0 bridgehead atoms. The zero-order chi connectivity index (χ0) is 15.8. The Balaban J connectivity index is 2.40. The topological polar surface area (TPSA) is 113 Å². The highest BCUT2D eigenvalue weighted by molar-refractivity contribution is 7.21. The number of fused-ring (bicyclic) bond motifs is 1. The van der Waals surface area contributed by atoms with Crippen LogP contribution in [-0.2, 0) is 7.05 Å². The summed E-state index contributed by atoms with van der Waals surface area (Å²) in [6.45, 7) is 2.95. The number of hydrogen-bond donors (Lipinski definition) is 4. The molecule has 0 radical (unpaired) electrons. The molecule has 0 saturated carbocycles. The van der Waals surface area contributed by atoms with Crippen molar-refractivity contribution >= 4 is 33.1 Å². The van der Waals surface area contributed by atoms with Crippen molar-refractivity contribution in [1.82, 2.24) is 15.1 Å². The number of aryl methyl sites for hydroxylation is 2. The molecule has 2 aromatic heterocycles. The van der Waals surface area contributed by atoms with Gasteiger partial charge in [-0.05, 0) is 13.3 Å². The lowest BCUT2D eigenvalue weighted by molar-refractivity contribution is 0.0657. The Hall–Kier alpha value is -1.64. The summed E-state index contributed by atoms with van der Waals surface area (Å²) < 4.78 is 1.69. The molecule has 0 fully saturated rings. The minimum absolute atomic E-state index is 0.336. The molecule has 2 heterocycles. The van der Waals surface area contributed by atoms with E-state index in [0.29, 0.717) is 17.0 Å². The number of aliphatic hydroxyl groups is 2. The van der Waals surface area contributed by atoms with E-state index in [4.69, 9.17) is 5.73 Å². The van der Waals surface area contributed by atoms with Crippen LogP contribution in [0.25, 0.3) is 10.2 Å². The zero-order valence-corrected chi connectivity index (χ0v) is 13.1. The Morgan fingerprint density at radius 3 is 2.57 bits per heavy atom. The fourth-order valence-corrected chi connectivity index (χ4v) is 3.32. The molecule has 5 N–H and O–H groups in total. The summed E-state index contributed by atoms with van der Waals surface area (Å²) in [5.74, 6) is -0.391. The van der Waals surface area contributed by atoms with Crippen molar-refractivity contribution in [3.05, 3.63) is 10.6 Å². The van der Waals surface area contributed by atoms with E-state index in [1.165, 1.54) is 11.3 Å². The van der Waals surface area contributed by atoms with Gasteiger partial charge in [0.25, 0.3) is 5.91 Å². The number of thiophene rings is 1. The normalized spacial score (nSPS) is 12.0. The summed E-state index contributed by atoms with van der Waals surface area (Å²) >= 11 is 1.25. The molecule has 2 aromatic rings. The van der Waals surface area contributed by atoms with Gasteiger partial charge >= 0.3 is 0 Å². The second kappa shape index (κ2) is 5.63. The molecule has 1 amide bonds. The van der Waals surface area contributed by atoms with E-state index in [9.17, 15) is 15.0 Å². The lowest BCUT2D eigenvalue weighted by Crippen LogP contribution is -2.53. The third-order valence-electron chi connectivity index (χ3n) is 3.75. The average Bonchev–Trinajstić information content (AvgIpc) is 2.95. The van der Waals surface area contributed by atoms with Gasteiger partial charge in [0.05, 0.1) is 35.5 Å². The van der Waals surface area contributed by atoms with E-state index >= 15 is 0 Å². The monoisotopic (exact) mass is 312 g/mol.